The number of fused-ring (bicyclic) bond motifs is 1. The first kappa shape index (κ1) is 16.4. The smallest absolute Gasteiger partial charge is 0.246 e. The number of halogens is 1. The molecule has 2 saturated heterocycles. The van der Waals surface area contributed by atoms with Crippen molar-refractivity contribution >= 4 is 38.4 Å². The molecule has 6 nitrogen and oxygen atoms in total. The van der Waals surface area contributed by atoms with Crippen LogP contribution in [0.15, 0.2) is 29.2 Å². The maximum Gasteiger partial charge on any atom is 0.246 e. The third-order valence-corrected chi connectivity index (χ3v) is 4.93. The highest BCUT2D eigenvalue weighted by atomic mass is 79.9. The fourth-order valence-corrected chi connectivity index (χ4v) is 3.66. The summed E-state index contributed by atoms with van der Waals surface area (Å²) in [4.78, 5) is 16.3. The number of nitrogens with one attached hydrogen (secondary N) is 1. The molecule has 1 aromatic rings. The van der Waals surface area contributed by atoms with E-state index in [0.717, 1.165) is 13.1 Å². The monoisotopic (exact) mass is 375 g/mol. The molecule has 1 unspecified atom stereocenters. The minimum atomic E-state index is -3.36. The Kier molecular flexibility index (Phi) is 4.72. The van der Waals surface area contributed by atoms with E-state index in [-0.39, 0.29) is 33.8 Å². The molecule has 1 aromatic carbocycles. The minimum Gasteiger partial charge on any atom is -0.313 e. The standard InChI is InChI=1S/C13H17N3O3S.BrH/c1-20(18,19)12-5-3-2-4-10(12)16-9-15-7-6-14-8-11(15)13(16)17;/h2-5,11,14H,6-9H2,1H3;1H. The number of nitrogens with zero attached hydrogens (tertiary/aromatic N) is 2. The zero-order valence-corrected chi connectivity index (χ0v) is 14.2. The molecule has 21 heavy (non-hydrogen) atoms. The van der Waals surface area contributed by atoms with Gasteiger partial charge in [0.25, 0.3) is 0 Å². The number of piperazine rings is 1. The van der Waals surface area contributed by atoms with E-state index in [1.807, 2.05) is 0 Å². The number of rotatable bonds is 2. The van der Waals surface area contributed by atoms with E-state index in [1.54, 1.807) is 29.2 Å². The molecule has 2 heterocycles. The largest absolute Gasteiger partial charge is 0.313 e. The van der Waals surface area contributed by atoms with Crippen LogP contribution in [0.1, 0.15) is 0 Å². The van der Waals surface area contributed by atoms with Crippen molar-refractivity contribution in [3.8, 4) is 0 Å². The van der Waals surface area contributed by atoms with Gasteiger partial charge in [0.1, 0.15) is 6.04 Å². The van der Waals surface area contributed by atoms with Gasteiger partial charge in [0.05, 0.1) is 17.3 Å². The van der Waals surface area contributed by atoms with E-state index in [4.69, 9.17) is 0 Å². The number of anilines is 1. The van der Waals surface area contributed by atoms with E-state index in [9.17, 15) is 13.2 Å². The number of carbonyl (C=O) groups excluding carboxylic acids is 1. The first-order valence-corrected chi connectivity index (χ1v) is 8.43. The molecular weight excluding hydrogens is 358 g/mol. The maximum absolute atomic E-state index is 12.5. The van der Waals surface area contributed by atoms with Crippen LogP contribution in [0.25, 0.3) is 0 Å². The zero-order chi connectivity index (χ0) is 14.3. The Hall–Kier alpha value is -0.960. The van der Waals surface area contributed by atoms with E-state index in [1.165, 1.54) is 6.26 Å². The van der Waals surface area contributed by atoms with Crippen LogP contribution in [0, 0.1) is 0 Å². The van der Waals surface area contributed by atoms with Crippen molar-refractivity contribution in [3.63, 3.8) is 0 Å². The SMILES string of the molecule is Br.CS(=O)(=O)c1ccccc1N1CN2CCNCC2C1=O. The minimum absolute atomic E-state index is 0. The summed E-state index contributed by atoms with van der Waals surface area (Å²) in [5, 5.41) is 3.20. The molecule has 0 radical (unpaired) electrons. The fraction of sp³-hybridized carbons (Fsp3) is 0.462. The molecule has 2 aliphatic rings. The number of para-hydroxylation sites is 1. The van der Waals surface area contributed by atoms with Gasteiger partial charge in [-0.05, 0) is 12.1 Å². The van der Waals surface area contributed by atoms with E-state index in [2.05, 4.69) is 10.2 Å². The van der Waals surface area contributed by atoms with Crippen LogP contribution in [0.4, 0.5) is 5.69 Å². The Labute approximate surface area is 134 Å². The maximum atomic E-state index is 12.5. The highest BCUT2D eigenvalue weighted by Gasteiger charge is 2.41. The highest BCUT2D eigenvalue weighted by molar-refractivity contribution is 8.93. The zero-order valence-electron chi connectivity index (χ0n) is 11.7. The van der Waals surface area contributed by atoms with Crippen LogP contribution in [0.2, 0.25) is 0 Å². The topological polar surface area (TPSA) is 69.7 Å². The second-order valence-corrected chi connectivity index (χ2v) is 7.16. The molecule has 2 fully saturated rings. The van der Waals surface area contributed by atoms with Gasteiger partial charge in [0.2, 0.25) is 5.91 Å². The summed E-state index contributed by atoms with van der Waals surface area (Å²) < 4.78 is 23.7. The van der Waals surface area contributed by atoms with E-state index in [0.29, 0.717) is 18.9 Å². The fourth-order valence-electron chi connectivity index (χ4n) is 2.78. The van der Waals surface area contributed by atoms with Crippen molar-refractivity contribution in [2.45, 2.75) is 10.9 Å². The molecule has 0 spiro atoms. The normalized spacial score (nSPS) is 22.8. The molecule has 8 heteroatoms. The van der Waals surface area contributed by atoms with Gasteiger partial charge in [0, 0.05) is 25.9 Å². The Morgan fingerprint density at radius 3 is 2.67 bits per heavy atom. The van der Waals surface area contributed by atoms with Crippen LogP contribution < -0.4 is 10.2 Å². The second kappa shape index (κ2) is 6.04. The average Bonchev–Trinajstić information content (AvgIpc) is 2.76. The number of amides is 1. The van der Waals surface area contributed by atoms with Crippen molar-refractivity contribution in [1.29, 1.82) is 0 Å². The Morgan fingerprint density at radius 2 is 2.00 bits per heavy atom. The molecule has 1 N–H and O–H groups in total. The summed E-state index contributed by atoms with van der Waals surface area (Å²) in [6, 6.07) is 6.49. The van der Waals surface area contributed by atoms with Gasteiger partial charge in [-0.1, -0.05) is 12.1 Å². The number of sulfone groups is 1. The molecule has 116 valence electrons. The first-order chi connectivity index (χ1) is 9.48. The molecule has 0 saturated carbocycles. The van der Waals surface area contributed by atoms with Crippen LogP contribution in [0.5, 0.6) is 0 Å². The van der Waals surface area contributed by atoms with Crippen molar-refractivity contribution in [1.82, 2.24) is 10.2 Å². The molecule has 3 rings (SSSR count). The summed E-state index contributed by atoms with van der Waals surface area (Å²) in [6.07, 6.45) is 1.17. The van der Waals surface area contributed by atoms with Crippen molar-refractivity contribution in [2.75, 3.05) is 37.5 Å². The number of benzene rings is 1. The molecular formula is C13H18BrN3O3S. The summed E-state index contributed by atoms with van der Waals surface area (Å²) in [7, 11) is -3.36. The molecule has 1 atom stereocenters. The molecule has 0 bridgehead atoms. The summed E-state index contributed by atoms with van der Waals surface area (Å²) in [5.74, 6) is -0.0340. The van der Waals surface area contributed by atoms with Gasteiger partial charge >= 0.3 is 0 Å². The predicted octanol–water partition coefficient (Wildman–Crippen LogP) is 0.246. The first-order valence-electron chi connectivity index (χ1n) is 6.54. The van der Waals surface area contributed by atoms with Gasteiger partial charge in [-0.3, -0.25) is 14.6 Å². The summed E-state index contributed by atoms with van der Waals surface area (Å²) >= 11 is 0. The second-order valence-electron chi connectivity index (χ2n) is 5.18. The average molecular weight is 376 g/mol. The molecule has 0 aromatic heterocycles. The number of hydrogen-bond donors (Lipinski definition) is 1. The third-order valence-electron chi connectivity index (χ3n) is 3.78. The van der Waals surface area contributed by atoms with Crippen molar-refractivity contribution < 1.29 is 13.2 Å². The van der Waals surface area contributed by atoms with Gasteiger partial charge in [-0.25, -0.2) is 8.42 Å². The van der Waals surface area contributed by atoms with Gasteiger partial charge in [-0.2, -0.15) is 0 Å². The highest BCUT2D eigenvalue weighted by Crippen LogP contribution is 2.29. The number of carbonyl (C=O) groups is 1. The van der Waals surface area contributed by atoms with Crippen LogP contribution in [-0.4, -0.2) is 57.8 Å². The van der Waals surface area contributed by atoms with E-state index >= 15 is 0 Å². The van der Waals surface area contributed by atoms with Crippen molar-refractivity contribution in [3.05, 3.63) is 24.3 Å². The lowest BCUT2D eigenvalue weighted by atomic mass is 10.2. The van der Waals surface area contributed by atoms with Crippen molar-refractivity contribution in [2.24, 2.45) is 0 Å². The number of hydrogen-bond acceptors (Lipinski definition) is 5. The van der Waals surface area contributed by atoms with Crippen LogP contribution in [0.3, 0.4) is 0 Å². The molecule has 1 amide bonds. The van der Waals surface area contributed by atoms with E-state index < -0.39 is 9.84 Å². The predicted molar refractivity (Wildman–Crippen MR) is 85.6 cm³/mol. The summed E-state index contributed by atoms with van der Waals surface area (Å²) in [5.41, 5.74) is 0.481. The third kappa shape index (κ3) is 2.98. The summed E-state index contributed by atoms with van der Waals surface area (Å²) in [6.45, 7) is 2.73. The van der Waals surface area contributed by atoms with Gasteiger partial charge in [-0.15, -0.1) is 17.0 Å². The lowest BCUT2D eigenvalue weighted by Crippen LogP contribution is -2.50. The Morgan fingerprint density at radius 1 is 1.29 bits per heavy atom. The van der Waals surface area contributed by atoms with Gasteiger partial charge < -0.3 is 5.32 Å². The Bertz CT molecular complexity index is 650. The quantitative estimate of drug-likeness (QED) is 0.801. The lowest BCUT2D eigenvalue weighted by molar-refractivity contribution is -0.120. The van der Waals surface area contributed by atoms with Gasteiger partial charge in [0.15, 0.2) is 9.84 Å². The molecule has 2 aliphatic heterocycles. The van der Waals surface area contributed by atoms with Crippen LogP contribution in [-0.2, 0) is 14.6 Å². The molecule has 0 aliphatic carbocycles. The van der Waals surface area contributed by atoms with Crippen LogP contribution >= 0.6 is 17.0 Å². The Balaban J connectivity index is 0.00000161. The lowest BCUT2D eigenvalue weighted by Gasteiger charge is -2.26.